The lowest BCUT2D eigenvalue weighted by molar-refractivity contribution is -0.384. The minimum atomic E-state index is -2.72. The van der Waals surface area contributed by atoms with Gasteiger partial charge in [0, 0.05) is 17.8 Å². The highest BCUT2D eigenvalue weighted by atomic mass is 19.3. The number of non-ortho nitro benzene ring substituents is 1. The molecule has 0 aliphatic rings. The van der Waals surface area contributed by atoms with Crippen LogP contribution in [0.2, 0.25) is 0 Å². The maximum absolute atomic E-state index is 12.2. The molecule has 0 spiro atoms. The molecular weight excluding hydrogens is 338 g/mol. The van der Waals surface area contributed by atoms with Gasteiger partial charge in [-0.3, -0.25) is 19.6 Å². The molecular formula is C15H16F2N4O4. The summed E-state index contributed by atoms with van der Waals surface area (Å²) in [6.07, 6.45) is -2.72. The zero-order valence-corrected chi connectivity index (χ0v) is 13.5. The third kappa shape index (κ3) is 5.23. The van der Waals surface area contributed by atoms with E-state index in [0.29, 0.717) is 0 Å². The summed E-state index contributed by atoms with van der Waals surface area (Å²) < 4.78 is 30.7. The molecule has 1 aromatic heterocycles. The predicted molar refractivity (Wildman–Crippen MR) is 84.9 cm³/mol. The van der Waals surface area contributed by atoms with E-state index in [-0.39, 0.29) is 23.7 Å². The number of nitrogens with one attached hydrogen (secondary N) is 1. The first-order chi connectivity index (χ1) is 11.7. The second-order valence-corrected chi connectivity index (χ2v) is 5.31. The van der Waals surface area contributed by atoms with Gasteiger partial charge in [-0.25, -0.2) is 8.78 Å². The maximum Gasteiger partial charge on any atom is 0.275 e. The molecule has 0 radical (unpaired) electrons. The van der Waals surface area contributed by atoms with Crippen LogP contribution in [0, 0.1) is 24.0 Å². The topological polar surface area (TPSA) is 99.3 Å². The smallest absolute Gasteiger partial charge is 0.275 e. The predicted octanol–water partition coefficient (Wildman–Crippen LogP) is 2.69. The molecule has 0 atom stereocenters. The Balaban J connectivity index is 2.15. The van der Waals surface area contributed by atoms with Crippen LogP contribution in [0.1, 0.15) is 11.4 Å². The van der Waals surface area contributed by atoms with Crippen molar-refractivity contribution in [3.63, 3.8) is 0 Å². The maximum atomic E-state index is 12.2. The van der Waals surface area contributed by atoms with Gasteiger partial charge in [-0.2, -0.15) is 5.10 Å². The van der Waals surface area contributed by atoms with Crippen molar-refractivity contribution in [2.45, 2.75) is 26.8 Å². The van der Waals surface area contributed by atoms with Crippen molar-refractivity contribution in [3.05, 3.63) is 45.8 Å². The van der Waals surface area contributed by atoms with Crippen LogP contribution in [0.5, 0.6) is 5.75 Å². The summed E-state index contributed by atoms with van der Waals surface area (Å²) in [5.41, 5.74) is 1.23. The van der Waals surface area contributed by atoms with E-state index in [1.54, 1.807) is 19.9 Å². The Hall–Kier alpha value is -3.04. The molecule has 0 unspecified atom stereocenters. The van der Waals surface area contributed by atoms with Gasteiger partial charge in [-0.15, -0.1) is 0 Å². The van der Waals surface area contributed by atoms with Gasteiger partial charge in [-0.05, 0) is 19.9 Å². The molecule has 2 aromatic rings. The van der Waals surface area contributed by atoms with Gasteiger partial charge >= 0.3 is 0 Å². The van der Waals surface area contributed by atoms with Gasteiger partial charge < -0.3 is 10.1 Å². The molecule has 8 nitrogen and oxygen atoms in total. The van der Waals surface area contributed by atoms with Crippen molar-refractivity contribution >= 4 is 17.3 Å². The van der Waals surface area contributed by atoms with E-state index in [0.717, 1.165) is 23.5 Å². The monoisotopic (exact) mass is 354 g/mol. The number of benzene rings is 1. The van der Waals surface area contributed by atoms with Gasteiger partial charge in [0.2, 0.25) is 5.91 Å². The van der Waals surface area contributed by atoms with E-state index < -0.39 is 23.9 Å². The summed E-state index contributed by atoms with van der Waals surface area (Å²) in [5.74, 6) is -0.595. The van der Waals surface area contributed by atoms with Gasteiger partial charge in [-0.1, -0.05) is 0 Å². The zero-order valence-electron chi connectivity index (χ0n) is 13.5. The average Bonchev–Trinajstić information content (AvgIpc) is 2.82. The van der Waals surface area contributed by atoms with Crippen LogP contribution in [0.4, 0.5) is 20.2 Å². The first-order valence-corrected chi connectivity index (χ1v) is 7.26. The average molecular weight is 354 g/mol. The standard InChI is InChI=1S/C15H16F2N4O4/c1-9-3-10(2)20(19-9)7-15(22)18-11-4-12(21(23)24)6-13(5-11)25-8-14(16)17/h3-6,14H,7-8H2,1-2H3,(H,18,22). The number of amides is 1. The number of aryl methyl sites for hydroxylation is 2. The van der Waals surface area contributed by atoms with Crippen LogP contribution in [0.25, 0.3) is 0 Å². The van der Waals surface area contributed by atoms with Crippen molar-refractivity contribution in [3.8, 4) is 5.75 Å². The molecule has 0 saturated carbocycles. The fourth-order valence-electron chi connectivity index (χ4n) is 2.18. The highest BCUT2D eigenvalue weighted by Gasteiger charge is 2.14. The third-order valence-electron chi connectivity index (χ3n) is 3.16. The van der Waals surface area contributed by atoms with Crippen molar-refractivity contribution in [1.82, 2.24) is 9.78 Å². The van der Waals surface area contributed by atoms with E-state index in [9.17, 15) is 23.7 Å². The van der Waals surface area contributed by atoms with Crippen LogP contribution in [0.15, 0.2) is 24.3 Å². The normalized spacial score (nSPS) is 10.8. The Kier molecular flexibility index (Phi) is 5.63. The number of aromatic nitrogens is 2. The Bertz CT molecular complexity index is 792. The zero-order chi connectivity index (χ0) is 18.6. The number of carbonyl (C=O) groups excluding carboxylic acids is 1. The van der Waals surface area contributed by atoms with Crippen LogP contribution in [-0.4, -0.2) is 33.6 Å². The van der Waals surface area contributed by atoms with E-state index >= 15 is 0 Å². The van der Waals surface area contributed by atoms with Crippen molar-refractivity contribution in [1.29, 1.82) is 0 Å². The largest absolute Gasteiger partial charge is 0.487 e. The number of rotatable bonds is 7. The van der Waals surface area contributed by atoms with E-state index in [1.807, 2.05) is 0 Å². The minimum Gasteiger partial charge on any atom is -0.487 e. The molecule has 1 N–H and O–H groups in total. The molecule has 25 heavy (non-hydrogen) atoms. The summed E-state index contributed by atoms with van der Waals surface area (Å²) in [6.45, 7) is 2.58. The van der Waals surface area contributed by atoms with Crippen LogP contribution in [-0.2, 0) is 11.3 Å². The molecule has 1 aromatic carbocycles. The summed E-state index contributed by atoms with van der Waals surface area (Å²) in [6, 6.07) is 5.18. The van der Waals surface area contributed by atoms with Crippen LogP contribution in [0.3, 0.4) is 0 Å². The number of carbonyl (C=O) groups is 1. The molecule has 1 heterocycles. The first kappa shape index (κ1) is 18.3. The number of nitro benzene ring substituents is 1. The molecule has 10 heteroatoms. The molecule has 0 aliphatic carbocycles. The third-order valence-corrected chi connectivity index (χ3v) is 3.16. The lowest BCUT2D eigenvalue weighted by atomic mass is 10.2. The lowest BCUT2D eigenvalue weighted by Gasteiger charge is -2.10. The Labute approximate surface area is 141 Å². The van der Waals surface area contributed by atoms with Gasteiger partial charge in [0.15, 0.2) is 0 Å². The fraction of sp³-hybridized carbons (Fsp3) is 0.333. The second kappa shape index (κ2) is 7.69. The van der Waals surface area contributed by atoms with Crippen molar-refractivity contribution in [2.24, 2.45) is 0 Å². The fourth-order valence-corrected chi connectivity index (χ4v) is 2.18. The number of alkyl halides is 2. The van der Waals surface area contributed by atoms with E-state index in [4.69, 9.17) is 4.74 Å². The quantitative estimate of drug-likeness (QED) is 0.609. The molecule has 0 aliphatic heterocycles. The number of nitro groups is 1. The minimum absolute atomic E-state index is 0.0741. The molecule has 2 rings (SSSR count). The number of anilines is 1. The number of halogens is 2. The number of ether oxygens (including phenoxy) is 1. The molecule has 134 valence electrons. The highest BCUT2D eigenvalue weighted by Crippen LogP contribution is 2.26. The van der Waals surface area contributed by atoms with Gasteiger partial charge in [0.05, 0.1) is 22.4 Å². The van der Waals surface area contributed by atoms with Gasteiger partial charge in [0.25, 0.3) is 12.1 Å². The molecule has 0 bridgehead atoms. The van der Waals surface area contributed by atoms with Gasteiger partial charge in [0.1, 0.15) is 18.9 Å². The number of hydrogen-bond donors (Lipinski definition) is 1. The van der Waals surface area contributed by atoms with E-state index in [2.05, 4.69) is 10.4 Å². The van der Waals surface area contributed by atoms with Crippen molar-refractivity contribution in [2.75, 3.05) is 11.9 Å². The summed E-state index contributed by atoms with van der Waals surface area (Å²) >= 11 is 0. The van der Waals surface area contributed by atoms with Crippen molar-refractivity contribution < 1.29 is 23.2 Å². The Morgan fingerprint density at radius 1 is 1.36 bits per heavy atom. The molecule has 0 saturated heterocycles. The number of nitrogens with zero attached hydrogens (tertiary/aromatic N) is 3. The first-order valence-electron chi connectivity index (χ1n) is 7.26. The second-order valence-electron chi connectivity index (χ2n) is 5.31. The SMILES string of the molecule is Cc1cc(C)n(CC(=O)Nc2cc(OCC(F)F)cc([N+](=O)[O-])c2)n1. The lowest BCUT2D eigenvalue weighted by Crippen LogP contribution is -2.20. The Morgan fingerprint density at radius 3 is 2.64 bits per heavy atom. The van der Waals surface area contributed by atoms with E-state index in [1.165, 1.54) is 10.7 Å². The van der Waals surface area contributed by atoms with Crippen LogP contribution >= 0.6 is 0 Å². The number of hydrogen-bond acceptors (Lipinski definition) is 5. The highest BCUT2D eigenvalue weighted by molar-refractivity contribution is 5.91. The van der Waals surface area contributed by atoms with Crippen LogP contribution < -0.4 is 10.1 Å². The molecule has 0 fully saturated rings. The summed E-state index contributed by atoms with van der Waals surface area (Å²) in [7, 11) is 0. The molecule has 1 amide bonds. The Morgan fingerprint density at radius 2 is 2.08 bits per heavy atom. The summed E-state index contributed by atoms with van der Waals surface area (Å²) in [4.78, 5) is 22.3. The summed E-state index contributed by atoms with van der Waals surface area (Å²) in [5, 5.41) is 17.6.